The van der Waals surface area contributed by atoms with Gasteiger partial charge in [0.25, 0.3) is 11.8 Å². The molecule has 0 bridgehead atoms. The fourth-order valence-electron chi connectivity index (χ4n) is 3.00. The zero-order valence-electron chi connectivity index (χ0n) is 16.8. The molecule has 0 aliphatic heterocycles. The number of likely N-dealkylation sites (N-methyl/N-ethyl adjacent to an activating group) is 1. The van der Waals surface area contributed by atoms with Crippen LogP contribution in [0.4, 0.5) is 5.69 Å². The Morgan fingerprint density at radius 2 is 1.69 bits per heavy atom. The van der Waals surface area contributed by atoms with Crippen molar-refractivity contribution in [3.63, 3.8) is 0 Å². The summed E-state index contributed by atoms with van der Waals surface area (Å²) in [5.74, 6) is -0.466. The van der Waals surface area contributed by atoms with Crippen molar-refractivity contribution >= 4 is 17.5 Å². The molecule has 148 valence electrons. The molecule has 6 nitrogen and oxygen atoms in total. The van der Waals surface area contributed by atoms with Crippen molar-refractivity contribution in [2.24, 2.45) is 0 Å². The smallest absolute Gasteiger partial charge is 0.257 e. The van der Waals surface area contributed by atoms with Crippen LogP contribution in [0.1, 0.15) is 37.4 Å². The van der Waals surface area contributed by atoms with Crippen molar-refractivity contribution in [2.45, 2.75) is 20.3 Å². The minimum absolute atomic E-state index is 0.173. The number of anilines is 1. The SMILES string of the molecule is Cc1ccc(NC(=O)c2cncc(C(=O)N(C)CCc3ccncc3)c2)c(C)c1. The lowest BCUT2D eigenvalue weighted by Gasteiger charge is -2.17. The van der Waals surface area contributed by atoms with E-state index in [1.165, 1.54) is 12.4 Å². The molecule has 1 aromatic carbocycles. The predicted octanol–water partition coefficient (Wildman–Crippen LogP) is 3.66. The third kappa shape index (κ3) is 5.25. The first kappa shape index (κ1) is 20.2. The maximum absolute atomic E-state index is 12.7. The van der Waals surface area contributed by atoms with Gasteiger partial charge >= 0.3 is 0 Å². The van der Waals surface area contributed by atoms with Gasteiger partial charge in [0.05, 0.1) is 11.1 Å². The van der Waals surface area contributed by atoms with Crippen LogP contribution in [0, 0.1) is 13.8 Å². The number of nitrogens with one attached hydrogen (secondary N) is 1. The predicted molar refractivity (Wildman–Crippen MR) is 113 cm³/mol. The van der Waals surface area contributed by atoms with Gasteiger partial charge in [-0.05, 0) is 55.7 Å². The molecular formula is C23H24N4O2. The molecule has 29 heavy (non-hydrogen) atoms. The molecule has 0 radical (unpaired) electrons. The van der Waals surface area contributed by atoms with E-state index in [0.717, 1.165) is 28.8 Å². The monoisotopic (exact) mass is 388 g/mol. The number of amides is 2. The van der Waals surface area contributed by atoms with Crippen LogP contribution in [-0.4, -0.2) is 40.3 Å². The molecule has 3 aromatic rings. The fraction of sp³-hybridized carbons (Fsp3) is 0.217. The molecule has 1 N–H and O–H groups in total. The molecule has 0 fully saturated rings. The van der Waals surface area contributed by atoms with Crippen LogP contribution in [0.15, 0.2) is 61.2 Å². The zero-order valence-corrected chi connectivity index (χ0v) is 16.8. The van der Waals surface area contributed by atoms with E-state index in [9.17, 15) is 9.59 Å². The maximum Gasteiger partial charge on any atom is 0.257 e. The standard InChI is InChI=1S/C23H24N4O2/c1-16-4-5-21(17(2)12-16)26-22(28)19-13-20(15-25-14-19)23(29)27(3)11-8-18-6-9-24-10-7-18/h4-7,9-10,12-15H,8,11H2,1-3H3,(H,26,28). The summed E-state index contributed by atoms with van der Waals surface area (Å²) in [4.78, 5) is 35.1. The van der Waals surface area contributed by atoms with E-state index in [4.69, 9.17) is 0 Å². The highest BCUT2D eigenvalue weighted by Gasteiger charge is 2.15. The topological polar surface area (TPSA) is 75.2 Å². The molecule has 2 heterocycles. The summed E-state index contributed by atoms with van der Waals surface area (Å²) < 4.78 is 0. The first-order chi connectivity index (χ1) is 13.9. The molecule has 0 saturated heterocycles. The van der Waals surface area contributed by atoms with Gasteiger partial charge in [0.2, 0.25) is 0 Å². The molecule has 0 aliphatic carbocycles. The van der Waals surface area contributed by atoms with Gasteiger partial charge in [-0.25, -0.2) is 0 Å². The van der Waals surface area contributed by atoms with Gasteiger partial charge in [0.15, 0.2) is 0 Å². The molecule has 0 unspecified atom stereocenters. The van der Waals surface area contributed by atoms with Crippen molar-refractivity contribution < 1.29 is 9.59 Å². The summed E-state index contributed by atoms with van der Waals surface area (Å²) >= 11 is 0. The van der Waals surface area contributed by atoms with Gasteiger partial charge in [-0.3, -0.25) is 19.6 Å². The Hall–Kier alpha value is -3.54. The molecule has 0 atom stereocenters. The zero-order chi connectivity index (χ0) is 20.8. The molecule has 3 rings (SSSR count). The minimum Gasteiger partial charge on any atom is -0.341 e. The van der Waals surface area contributed by atoms with E-state index in [0.29, 0.717) is 17.7 Å². The van der Waals surface area contributed by atoms with Crippen molar-refractivity contribution in [3.05, 3.63) is 89.0 Å². The van der Waals surface area contributed by atoms with Crippen LogP contribution < -0.4 is 5.32 Å². The summed E-state index contributed by atoms with van der Waals surface area (Å²) in [6.07, 6.45) is 7.15. The number of hydrogen-bond donors (Lipinski definition) is 1. The largest absolute Gasteiger partial charge is 0.341 e. The van der Waals surface area contributed by atoms with E-state index in [1.807, 2.05) is 44.2 Å². The number of aryl methyl sites for hydroxylation is 2. The summed E-state index contributed by atoms with van der Waals surface area (Å²) in [6.45, 7) is 4.50. The number of benzene rings is 1. The third-order valence-electron chi connectivity index (χ3n) is 4.71. The molecular weight excluding hydrogens is 364 g/mol. The van der Waals surface area contributed by atoms with Crippen LogP contribution >= 0.6 is 0 Å². The summed E-state index contributed by atoms with van der Waals surface area (Å²) in [5, 5.41) is 2.89. The number of rotatable bonds is 6. The summed E-state index contributed by atoms with van der Waals surface area (Å²) in [6, 6.07) is 11.3. The van der Waals surface area contributed by atoms with E-state index >= 15 is 0 Å². The first-order valence-electron chi connectivity index (χ1n) is 9.42. The van der Waals surface area contributed by atoms with Crippen LogP contribution in [-0.2, 0) is 6.42 Å². The van der Waals surface area contributed by atoms with Crippen LogP contribution in [0.25, 0.3) is 0 Å². The Kier molecular flexibility index (Phi) is 6.34. The molecule has 6 heteroatoms. The highest BCUT2D eigenvalue weighted by molar-refractivity contribution is 6.06. The van der Waals surface area contributed by atoms with Gasteiger partial charge in [0.1, 0.15) is 0 Å². The van der Waals surface area contributed by atoms with Gasteiger partial charge in [-0.15, -0.1) is 0 Å². The molecule has 2 amide bonds. The lowest BCUT2D eigenvalue weighted by atomic mass is 10.1. The second-order valence-corrected chi connectivity index (χ2v) is 7.07. The normalized spacial score (nSPS) is 10.4. The Morgan fingerprint density at radius 1 is 0.966 bits per heavy atom. The number of pyridine rings is 2. The number of aromatic nitrogens is 2. The Balaban J connectivity index is 1.67. The fourth-order valence-corrected chi connectivity index (χ4v) is 3.00. The van der Waals surface area contributed by atoms with Crippen molar-refractivity contribution in [2.75, 3.05) is 18.9 Å². The number of carbonyl (C=O) groups excluding carboxylic acids is 2. The van der Waals surface area contributed by atoms with Gasteiger partial charge < -0.3 is 10.2 Å². The van der Waals surface area contributed by atoms with Crippen LogP contribution in [0.2, 0.25) is 0 Å². The van der Waals surface area contributed by atoms with Crippen molar-refractivity contribution in [1.29, 1.82) is 0 Å². The van der Waals surface area contributed by atoms with E-state index in [2.05, 4.69) is 15.3 Å². The Bertz CT molecular complexity index is 1020. The second-order valence-electron chi connectivity index (χ2n) is 7.07. The minimum atomic E-state index is -0.293. The van der Waals surface area contributed by atoms with Gasteiger partial charge in [-0.2, -0.15) is 0 Å². The second kappa shape index (κ2) is 9.10. The number of carbonyl (C=O) groups is 2. The molecule has 0 aliphatic rings. The lowest BCUT2D eigenvalue weighted by molar-refractivity contribution is 0.0796. The van der Waals surface area contributed by atoms with E-state index in [-0.39, 0.29) is 11.8 Å². The number of hydrogen-bond acceptors (Lipinski definition) is 4. The Morgan fingerprint density at radius 3 is 2.41 bits per heavy atom. The first-order valence-corrected chi connectivity index (χ1v) is 9.42. The summed E-state index contributed by atoms with van der Waals surface area (Å²) in [7, 11) is 1.74. The Labute approximate surface area is 170 Å². The summed E-state index contributed by atoms with van der Waals surface area (Å²) in [5.41, 5.74) is 4.69. The number of nitrogens with zero attached hydrogens (tertiary/aromatic N) is 3. The molecule has 2 aromatic heterocycles. The maximum atomic E-state index is 12.7. The van der Waals surface area contributed by atoms with E-state index < -0.39 is 0 Å². The van der Waals surface area contributed by atoms with Crippen LogP contribution in [0.3, 0.4) is 0 Å². The van der Waals surface area contributed by atoms with E-state index in [1.54, 1.807) is 30.4 Å². The van der Waals surface area contributed by atoms with Gasteiger partial charge in [0, 0.05) is 44.1 Å². The molecule has 0 spiro atoms. The van der Waals surface area contributed by atoms with Crippen LogP contribution in [0.5, 0.6) is 0 Å². The van der Waals surface area contributed by atoms with Gasteiger partial charge in [-0.1, -0.05) is 17.7 Å². The third-order valence-corrected chi connectivity index (χ3v) is 4.71. The average molecular weight is 388 g/mol. The lowest BCUT2D eigenvalue weighted by Crippen LogP contribution is -2.29. The highest BCUT2D eigenvalue weighted by atomic mass is 16.2. The average Bonchev–Trinajstić information content (AvgIpc) is 2.74. The quantitative estimate of drug-likeness (QED) is 0.699. The molecule has 0 saturated carbocycles. The van der Waals surface area contributed by atoms with Crippen molar-refractivity contribution in [1.82, 2.24) is 14.9 Å². The highest BCUT2D eigenvalue weighted by Crippen LogP contribution is 2.17. The van der Waals surface area contributed by atoms with Crippen molar-refractivity contribution in [3.8, 4) is 0 Å².